The second-order valence-electron chi connectivity index (χ2n) is 10.0. The molecule has 190 valence electrons. The van der Waals surface area contributed by atoms with Crippen molar-refractivity contribution in [1.29, 1.82) is 0 Å². The zero-order chi connectivity index (χ0) is 25.6. The molecule has 2 aliphatic heterocycles. The van der Waals surface area contributed by atoms with Gasteiger partial charge < -0.3 is 9.80 Å². The Labute approximate surface area is 219 Å². The molecule has 0 aliphatic carbocycles. The van der Waals surface area contributed by atoms with Crippen LogP contribution in [0.5, 0.6) is 0 Å². The summed E-state index contributed by atoms with van der Waals surface area (Å²) >= 11 is 0. The quantitative estimate of drug-likeness (QED) is 0.409. The number of ketones is 1. The van der Waals surface area contributed by atoms with Gasteiger partial charge in [-0.2, -0.15) is 0 Å². The fraction of sp³-hybridized carbons (Fsp3) is 0.344. The molecule has 3 aromatic rings. The Balaban J connectivity index is 1.67. The maximum Gasteiger partial charge on any atom is 0.254 e. The third-order valence-corrected chi connectivity index (χ3v) is 7.57. The van der Waals surface area contributed by atoms with Gasteiger partial charge in [0.05, 0.1) is 6.42 Å². The average Bonchev–Trinajstić information content (AvgIpc) is 2.98. The number of piperidine rings is 2. The molecule has 0 radical (unpaired) electrons. The third kappa shape index (κ3) is 5.51. The largest absolute Gasteiger partial charge is 0.342 e. The van der Waals surface area contributed by atoms with Crippen molar-refractivity contribution >= 4 is 17.6 Å². The van der Waals surface area contributed by atoms with Crippen molar-refractivity contribution in [3.63, 3.8) is 0 Å². The van der Waals surface area contributed by atoms with Crippen LogP contribution < -0.4 is 0 Å². The van der Waals surface area contributed by atoms with Gasteiger partial charge in [0.1, 0.15) is 0 Å². The summed E-state index contributed by atoms with van der Waals surface area (Å²) < 4.78 is 0. The molecule has 2 saturated heterocycles. The molecule has 2 heterocycles. The molecule has 0 saturated carbocycles. The van der Waals surface area contributed by atoms with Gasteiger partial charge in [0, 0.05) is 42.9 Å². The van der Waals surface area contributed by atoms with Crippen LogP contribution in [0.3, 0.4) is 0 Å². The summed E-state index contributed by atoms with van der Waals surface area (Å²) in [4.78, 5) is 45.3. The minimum Gasteiger partial charge on any atom is -0.342 e. The lowest BCUT2D eigenvalue weighted by atomic mass is 9.85. The highest BCUT2D eigenvalue weighted by molar-refractivity contribution is 6.16. The van der Waals surface area contributed by atoms with Crippen LogP contribution >= 0.6 is 0 Å². The number of amides is 2. The van der Waals surface area contributed by atoms with Crippen LogP contribution in [0.25, 0.3) is 11.1 Å². The maximum atomic E-state index is 14.1. The number of hydrogen-bond donors (Lipinski definition) is 0. The maximum absolute atomic E-state index is 14.1. The Kier molecular flexibility index (Phi) is 7.79. The molecule has 0 atom stereocenters. The lowest BCUT2D eigenvalue weighted by molar-refractivity contribution is -0.131. The standard InChI is InChI=1S/C32H34N2O3/c35-29(33-19-9-3-10-20-33)23-28-27(32(37)34-21-11-4-12-22-34)18-17-26(24-13-5-1-6-14-24)30(28)31(36)25-15-7-2-8-16-25/h1-2,5-8,13-18H,3-4,9-12,19-23H2. The molecule has 2 aliphatic rings. The van der Waals surface area contributed by atoms with Gasteiger partial charge in [-0.1, -0.05) is 66.7 Å². The first-order valence-corrected chi connectivity index (χ1v) is 13.5. The molecule has 0 aromatic heterocycles. The average molecular weight is 495 g/mol. The van der Waals surface area contributed by atoms with E-state index in [0.717, 1.165) is 62.7 Å². The van der Waals surface area contributed by atoms with Crippen LogP contribution in [0.2, 0.25) is 0 Å². The first kappa shape index (κ1) is 24.9. The predicted octanol–water partition coefficient (Wildman–Crippen LogP) is 5.77. The number of likely N-dealkylation sites (tertiary alicyclic amines) is 2. The monoisotopic (exact) mass is 494 g/mol. The fourth-order valence-corrected chi connectivity index (χ4v) is 5.56. The van der Waals surface area contributed by atoms with Crippen LogP contribution in [0, 0.1) is 0 Å². The Morgan fingerprint density at radius 3 is 1.81 bits per heavy atom. The van der Waals surface area contributed by atoms with E-state index >= 15 is 0 Å². The Hall–Kier alpha value is -3.73. The summed E-state index contributed by atoms with van der Waals surface area (Å²) in [5, 5.41) is 0. The summed E-state index contributed by atoms with van der Waals surface area (Å²) in [5.41, 5.74) is 3.70. The number of nitrogens with zero attached hydrogens (tertiary/aromatic N) is 2. The first-order valence-electron chi connectivity index (χ1n) is 13.5. The topological polar surface area (TPSA) is 57.7 Å². The second kappa shape index (κ2) is 11.5. The SMILES string of the molecule is O=C(c1ccccc1)c1c(-c2ccccc2)ccc(C(=O)N2CCCCC2)c1CC(=O)N1CCCCC1. The van der Waals surface area contributed by atoms with Gasteiger partial charge in [-0.05, 0) is 61.3 Å². The number of hydrogen-bond acceptors (Lipinski definition) is 3. The summed E-state index contributed by atoms with van der Waals surface area (Å²) in [6.45, 7) is 2.88. The van der Waals surface area contributed by atoms with Gasteiger partial charge in [-0.25, -0.2) is 0 Å². The van der Waals surface area contributed by atoms with Crippen molar-refractivity contribution in [2.75, 3.05) is 26.2 Å². The summed E-state index contributed by atoms with van der Waals surface area (Å²) in [7, 11) is 0. The van der Waals surface area contributed by atoms with Gasteiger partial charge >= 0.3 is 0 Å². The fourth-order valence-electron chi connectivity index (χ4n) is 5.56. The van der Waals surface area contributed by atoms with Gasteiger partial charge in [0.2, 0.25) is 5.91 Å². The molecule has 0 bridgehead atoms. The van der Waals surface area contributed by atoms with Crippen LogP contribution in [0.15, 0.2) is 72.8 Å². The van der Waals surface area contributed by atoms with E-state index in [4.69, 9.17) is 0 Å². The highest BCUT2D eigenvalue weighted by Gasteiger charge is 2.29. The van der Waals surface area contributed by atoms with Crippen molar-refractivity contribution in [1.82, 2.24) is 9.80 Å². The van der Waals surface area contributed by atoms with Gasteiger partial charge in [-0.15, -0.1) is 0 Å². The molecule has 0 unspecified atom stereocenters. The predicted molar refractivity (Wildman–Crippen MR) is 146 cm³/mol. The normalized spacial score (nSPS) is 15.9. The zero-order valence-electron chi connectivity index (χ0n) is 21.3. The lowest BCUT2D eigenvalue weighted by Gasteiger charge is -2.30. The Morgan fingerprint density at radius 1 is 0.622 bits per heavy atom. The van der Waals surface area contributed by atoms with E-state index in [1.807, 2.05) is 70.5 Å². The Morgan fingerprint density at radius 2 is 1.19 bits per heavy atom. The molecule has 2 fully saturated rings. The van der Waals surface area contributed by atoms with E-state index in [0.29, 0.717) is 35.3 Å². The van der Waals surface area contributed by atoms with E-state index in [1.54, 1.807) is 12.1 Å². The third-order valence-electron chi connectivity index (χ3n) is 7.57. The van der Waals surface area contributed by atoms with Crippen LogP contribution in [-0.2, 0) is 11.2 Å². The van der Waals surface area contributed by atoms with E-state index < -0.39 is 0 Å². The minimum atomic E-state index is -0.158. The van der Waals surface area contributed by atoms with Crippen molar-refractivity contribution in [2.24, 2.45) is 0 Å². The van der Waals surface area contributed by atoms with E-state index in [2.05, 4.69) is 0 Å². The highest BCUT2D eigenvalue weighted by atomic mass is 16.2. The Bertz CT molecular complexity index is 1260. The zero-order valence-corrected chi connectivity index (χ0v) is 21.3. The number of carbonyl (C=O) groups is 3. The van der Waals surface area contributed by atoms with Crippen molar-refractivity contribution in [3.8, 4) is 11.1 Å². The van der Waals surface area contributed by atoms with E-state index in [9.17, 15) is 14.4 Å². The molecule has 5 nitrogen and oxygen atoms in total. The molecular formula is C32H34N2O3. The molecular weight excluding hydrogens is 460 g/mol. The first-order chi connectivity index (χ1) is 18.1. The molecule has 0 N–H and O–H groups in total. The molecule has 3 aromatic carbocycles. The summed E-state index contributed by atoms with van der Waals surface area (Å²) in [6, 6.07) is 22.7. The molecule has 5 heteroatoms. The minimum absolute atomic E-state index is 0.0142. The van der Waals surface area contributed by atoms with Crippen molar-refractivity contribution in [3.05, 3.63) is 95.1 Å². The van der Waals surface area contributed by atoms with E-state index in [1.165, 1.54) is 0 Å². The number of carbonyl (C=O) groups excluding carboxylic acids is 3. The van der Waals surface area contributed by atoms with Crippen molar-refractivity contribution < 1.29 is 14.4 Å². The van der Waals surface area contributed by atoms with Crippen molar-refractivity contribution in [2.45, 2.75) is 44.9 Å². The van der Waals surface area contributed by atoms with Gasteiger partial charge in [0.15, 0.2) is 5.78 Å². The number of rotatable bonds is 6. The second-order valence-corrected chi connectivity index (χ2v) is 10.0. The molecule has 37 heavy (non-hydrogen) atoms. The lowest BCUT2D eigenvalue weighted by Crippen LogP contribution is -2.39. The smallest absolute Gasteiger partial charge is 0.254 e. The summed E-state index contributed by atoms with van der Waals surface area (Å²) in [6.07, 6.45) is 6.23. The number of benzene rings is 3. The van der Waals surface area contributed by atoms with Gasteiger partial charge in [0.25, 0.3) is 5.91 Å². The molecule has 2 amide bonds. The van der Waals surface area contributed by atoms with Crippen LogP contribution in [0.1, 0.15) is 70.4 Å². The highest BCUT2D eigenvalue weighted by Crippen LogP contribution is 2.33. The van der Waals surface area contributed by atoms with Crippen LogP contribution in [0.4, 0.5) is 0 Å². The summed E-state index contributed by atoms with van der Waals surface area (Å²) in [5.74, 6) is -0.253. The molecule has 5 rings (SSSR count). The van der Waals surface area contributed by atoms with Crippen LogP contribution in [-0.4, -0.2) is 53.6 Å². The molecule has 0 spiro atoms. The van der Waals surface area contributed by atoms with Gasteiger partial charge in [-0.3, -0.25) is 14.4 Å². The van der Waals surface area contributed by atoms with E-state index in [-0.39, 0.29) is 24.0 Å².